The molecule has 1 aromatic rings. The zero-order valence-electron chi connectivity index (χ0n) is 10.6. The summed E-state index contributed by atoms with van der Waals surface area (Å²) in [5.74, 6) is 0.133. The maximum atomic E-state index is 11.9. The summed E-state index contributed by atoms with van der Waals surface area (Å²) in [6, 6.07) is 1.97. The van der Waals surface area contributed by atoms with Crippen molar-refractivity contribution < 1.29 is 9.59 Å². The molecule has 2 atom stereocenters. The van der Waals surface area contributed by atoms with E-state index in [9.17, 15) is 9.59 Å². The van der Waals surface area contributed by atoms with Crippen LogP contribution in [0, 0.1) is 0 Å². The van der Waals surface area contributed by atoms with E-state index < -0.39 is 0 Å². The zero-order valence-corrected chi connectivity index (χ0v) is 11.4. The van der Waals surface area contributed by atoms with Crippen molar-refractivity contribution in [2.75, 3.05) is 6.54 Å². The maximum absolute atomic E-state index is 11.9. The van der Waals surface area contributed by atoms with Crippen LogP contribution in [0.1, 0.15) is 20.3 Å². The second-order valence-corrected chi connectivity index (χ2v) is 6.04. The first-order valence-electron chi connectivity index (χ1n) is 6.00. The number of hydrogen-bond acceptors (Lipinski definition) is 4. The molecule has 1 aliphatic heterocycles. The topological polar surface area (TPSA) is 55.2 Å². The van der Waals surface area contributed by atoms with E-state index in [1.54, 1.807) is 13.1 Å². The van der Waals surface area contributed by atoms with Crippen molar-refractivity contribution in [2.45, 2.75) is 38.1 Å². The molecule has 6 heteroatoms. The van der Waals surface area contributed by atoms with E-state index in [0.717, 1.165) is 0 Å². The molecule has 1 saturated heterocycles. The minimum Gasteiger partial charge on any atom is -0.337 e. The number of amides is 1. The van der Waals surface area contributed by atoms with Gasteiger partial charge in [-0.25, -0.2) is 0 Å². The molecule has 0 N–H and O–H groups in total. The summed E-state index contributed by atoms with van der Waals surface area (Å²) in [5.41, 5.74) is 0. The molecule has 0 aromatic carbocycles. The Hall–Kier alpha value is -1.30. The highest BCUT2D eigenvalue weighted by Gasteiger charge is 2.33. The van der Waals surface area contributed by atoms with Gasteiger partial charge in [0.05, 0.1) is 6.54 Å². The summed E-state index contributed by atoms with van der Waals surface area (Å²) in [4.78, 5) is 24.8. The molecule has 2 rings (SSSR count). The van der Waals surface area contributed by atoms with Crippen LogP contribution in [0.15, 0.2) is 18.5 Å². The molecular formula is C12H17N3O2S. The van der Waals surface area contributed by atoms with Gasteiger partial charge in [-0.15, -0.1) is 0 Å². The van der Waals surface area contributed by atoms with Crippen LogP contribution >= 0.6 is 11.8 Å². The van der Waals surface area contributed by atoms with E-state index in [1.165, 1.54) is 11.8 Å². The van der Waals surface area contributed by atoms with E-state index in [4.69, 9.17) is 0 Å². The van der Waals surface area contributed by atoms with Crippen LogP contribution in [0.4, 0.5) is 0 Å². The summed E-state index contributed by atoms with van der Waals surface area (Å²) < 4.78 is 1.82. The molecule has 2 unspecified atom stereocenters. The van der Waals surface area contributed by atoms with Gasteiger partial charge in [0.1, 0.15) is 0 Å². The average Bonchev–Trinajstić information content (AvgIpc) is 2.87. The molecule has 0 bridgehead atoms. The summed E-state index contributed by atoms with van der Waals surface area (Å²) >= 11 is 1.27. The number of carbonyl (C=O) groups excluding carboxylic acids is 2. The predicted molar refractivity (Wildman–Crippen MR) is 70.1 cm³/mol. The number of rotatable bonds is 4. The Labute approximate surface area is 111 Å². The van der Waals surface area contributed by atoms with Gasteiger partial charge >= 0.3 is 0 Å². The molecule has 1 amide bonds. The fraction of sp³-hybridized carbons (Fsp3) is 0.583. The summed E-state index contributed by atoms with van der Waals surface area (Å²) in [6.07, 6.45) is 4.08. The van der Waals surface area contributed by atoms with Crippen LogP contribution < -0.4 is 0 Å². The lowest BCUT2D eigenvalue weighted by molar-refractivity contribution is -0.129. The van der Waals surface area contributed by atoms with Gasteiger partial charge in [0, 0.05) is 43.6 Å². The quantitative estimate of drug-likeness (QED) is 0.821. The van der Waals surface area contributed by atoms with E-state index in [-0.39, 0.29) is 22.3 Å². The van der Waals surface area contributed by atoms with Gasteiger partial charge in [0.2, 0.25) is 5.91 Å². The number of thioether (sulfide) groups is 1. The molecule has 0 spiro atoms. The van der Waals surface area contributed by atoms with Crippen molar-refractivity contribution in [1.29, 1.82) is 0 Å². The van der Waals surface area contributed by atoms with Crippen molar-refractivity contribution >= 4 is 22.8 Å². The van der Waals surface area contributed by atoms with Gasteiger partial charge < -0.3 is 4.90 Å². The molecule has 0 saturated carbocycles. The average molecular weight is 267 g/mol. The van der Waals surface area contributed by atoms with Gasteiger partial charge in [-0.2, -0.15) is 5.10 Å². The Balaban J connectivity index is 1.92. The fourth-order valence-corrected chi connectivity index (χ4v) is 3.15. The van der Waals surface area contributed by atoms with Gasteiger partial charge in [-0.05, 0) is 13.0 Å². The van der Waals surface area contributed by atoms with Crippen LogP contribution in [0.25, 0.3) is 0 Å². The number of likely N-dealkylation sites (tertiary alicyclic amines) is 1. The first kappa shape index (κ1) is 13.1. The molecule has 98 valence electrons. The predicted octanol–water partition coefficient (Wildman–Crippen LogP) is 1.15. The van der Waals surface area contributed by atoms with Crippen molar-refractivity contribution in [3.8, 4) is 0 Å². The van der Waals surface area contributed by atoms with Gasteiger partial charge in [-0.1, -0.05) is 11.8 Å². The van der Waals surface area contributed by atoms with Crippen molar-refractivity contribution in [3.05, 3.63) is 18.5 Å². The summed E-state index contributed by atoms with van der Waals surface area (Å²) in [6.45, 7) is 4.91. The lowest BCUT2D eigenvalue weighted by Gasteiger charge is -2.24. The number of hydrogen-bond donors (Lipinski definition) is 0. The molecule has 18 heavy (non-hydrogen) atoms. The van der Waals surface area contributed by atoms with Crippen molar-refractivity contribution in [2.24, 2.45) is 0 Å². The Bertz CT molecular complexity index is 433. The third-order valence-corrected chi connectivity index (χ3v) is 3.98. The highest BCUT2D eigenvalue weighted by molar-refractivity contribution is 8.14. The van der Waals surface area contributed by atoms with Gasteiger partial charge in [0.15, 0.2) is 5.12 Å². The van der Waals surface area contributed by atoms with Gasteiger partial charge in [-0.3, -0.25) is 14.3 Å². The van der Waals surface area contributed by atoms with Crippen molar-refractivity contribution in [3.63, 3.8) is 0 Å². The molecule has 1 fully saturated rings. The summed E-state index contributed by atoms with van der Waals surface area (Å²) in [5, 5.41) is 4.32. The minimum absolute atomic E-state index is 0.0781. The molecule has 2 heterocycles. The maximum Gasteiger partial charge on any atom is 0.224 e. The molecule has 1 aliphatic rings. The lowest BCUT2D eigenvalue weighted by atomic mass is 10.3. The number of nitrogens with zero attached hydrogens (tertiary/aromatic N) is 3. The largest absolute Gasteiger partial charge is 0.337 e. The highest BCUT2D eigenvalue weighted by Crippen LogP contribution is 2.25. The van der Waals surface area contributed by atoms with E-state index in [1.807, 2.05) is 28.8 Å². The van der Waals surface area contributed by atoms with Crippen LogP contribution in [-0.4, -0.2) is 43.5 Å². The van der Waals surface area contributed by atoms with Crippen molar-refractivity contribution in [1.82, 2.24) is 14.7 Å². The molecule has 5 nitrogen and oxygen atoms in total. The first-order valence-corrected chi connectivity index (χ1v) is 6.88. The van der Waals surface area contributed by atoms with Gasteiger partial charge in [0.25, 0.3) is 0 Å². The van der Waals surface area contributed by atoms with Crippen LogP contribution in [0.3, 0.4) is 0 Å². The normalized spacial score (nSPS) is 21.3. The Morgan fingerprint density at radius 1 is 1.67 bits per heavy atom. The smallest absolute Gasteiger partial charge is 0.224 e. The SMILES string of the molecule is CC(=O)SC1CC(=O)N(C(C)Cn2cccn2)C1. The summed E-state index contributed by atoms with van der Waals surface area (Å²) in [7, 11) is 0. The third-order valence-electron chi connectivity index (χ3n) is 3.00. The minimum atomic E-state index is 0.0781. The Morgan fingerprint density at radius 2 is 2.44 bits per heavy atom. The molecule has 0 radical (unpaired) electrons. The van der Waals surface area contributed by atoms with Crippen LogP contribution in [0.2, 0.25) is 0 Å². The molecule has 1 aromatic heterocycles. The van der Waals surface area contributed by atoms with Crippen LogP contribution in [0.5, 0.6) is 0 Å². The number of carbonyl (C=O) groups is 2. The van der Waals surface area contributed by atoms with E-state index in [0.29, 0.717) is 19.5 Å². The number of aromatic nitrogens is 2. The first-order chi connectivity index (χ1) is 8.56. The molecular weight excluding hydrogens is 250 g/mol. The second kappa shape index (κ2) is 5.56. The van der Waals surface area contributed by atoms with E-state index in [2.05, 4.69) is 5.10 Å². The fourth-order valence-electron chi connectivity index (χ4n) is 2.21. The lowest BCUT2D eigenvalue weighted by Crippen LogP contribution is -2.37. The molecule has 0 aliphatic carbocycles. The Morgan fingerprint density at radius 3 is 3.06 bits per heavy atom. The van der Waals surface area contributed by atoms with Crippen LogP contribution in [-0.2, 0) is 16.1 Å². The zero-order chi connectivity index (χ0) is 13.1. The Kier molecular flexibility index (Phi) is 4.06. The standard InChI is InChI=1S/C12H17N3O2S/c1-9(7-14-5-3-4-13-14)15-8-11(6-12(15)17)18-10(2)16/h3-5,9,11H,6-8H2,1-2H3. The highest BCUT2D eigenvalue weighted by atomic mass is 32.2. The third kappa shape index (κ3) is 3.13. The second-order valence-electron chi connectivity index (χ2n) is 4.56. The van der Waals surface area contributed by atoms with E-state index >= 15 is 0 Å². The monoisotopic (exact) mass is 267 g/mol.